The zero-order valence-electron chi connectivity index (χ0n) is 15.0. The first-order valence-electron chi connectivity index (χ1n) is 9.03. The van der Waals surface area contributed by atoms with Crippen LogP contribution < -0.4 is 0 Å². The molecule has 0 fully saturated rings. The van der Waals surface area contributed by atoms with Gasteiger partial charge in [0.2, 0.25) is 0 Å². The van der Waals surface area contributed by atoms with Crippen molar-refractivity contribution in [1.29, 1.82) is 0 Å². The number of aliphatic imine (C=N–C) groups is 1. The highest BCUT2D eigenvalue weighted by molar-refractivity contribution is 6.07. The van der Waals surface area contributed by atoms with E-state index in [2.05, 4.69) is 63.3 Å². The van der Waals surface area contributed by atoms with Gasteiger partial charge in [-0.05, 0) is 44.4 Å². The number of ketones is 1. The van der Waals surface area contributed by atoms with Gasteiger partial charge in [-0.2, -0.15) is 0 Å². The van der Waals surface area contributed by atoms with Crippen molar-refractivity contribution in [3.05, 3.63) is 60.2 Å². The van der Waals surface area contributed by atoms with E-state index in [9.17, 15) is 4.79 Å². The van der Waals surface area contributed by atoms with Crippen LogP contribution in [0.4, 0.5) is 0 Å². The van der Waals surface area contributed by atoms with Crippen molar-refractivity contribution in [2.24, 2.45) is 10.4 Å². The van der Waals surface area contributed by atoms with Crippen molar-refractivity contribution in [1.82, 2.24) is 0 Å². The van der Waals surface area contributed by atoms with Crippen LogP contribution in [0, 0.1) is 5.41 Å². The number of benzene rings is 1. The van der Waals surface area contributed by atoms with E-state index in [1.807, 2.05) is 0 Å². The second kappa shape index (κ2) is 6.51. The molecule has 1 aliphatic heterocycles. The Kier molecular flexibility index (Phi) is 4.58. The van der Waals surface area contributed by atoms with Crippen molar-refractivity contribution in [3.63, 3.8) is 0 Å². The summed E-state index contributed by atoms with van der Waals surface area (Å²) in [7, 11) is 0. The van der Waals surface area contributed by atoms with E-state index in [4.69, 9.17) is 4.99 Å². The SMILES string of the molecule is CCCCC(C1=NC(C)(C)CC12C=CC(=O)C=C2)c1ccccc1. The second-order valence-electron chi connectivity index (χ2n) is 7.70. The summed E-state index contributed by atoms with van der Waals surface area (Å²) in [4.78, 5) is 16.8. The first-order chi connectivity index (χ1) is 11.5. The fourth-order valence-corrected chi connectivity index (χ4v) is 4.09. The highest BCUT2D eigenvalue weighted by Gasteiger charge is 2.46. The number of hydrogen-bond acceptors (Lipinski definition) is 2. The van der Waals surface area contributed by atoms with Gasteiger partial charge in [0.1, 0.15) is 0 Å². The van der Waals surface area contributed by atoms with Crippen molar-refractivity contribution < 1.29 is 4.79 Å². The molecule has 1 spiro atoms. The van der Waals surface area contributed by atoms with E-state index in [0.29, 0.717) is 5.92 Å². The standard InChI is InChI=1S/C22H27NO/c1-4-5-11-19(17-9-7-6-8-10-17)20-22(16-21(2,3)23-20)14-12-18(24)13-15-22/h6-10,12-15,19H,4-5,11,16H2,1-3H3. The molecule has 2 heteroatoms. The lowest BCUT2D eigenvalue weighted by Crippen LogP contribution is -2.31. The number of rotatable bonds is 5. The average molecular weight is 321 g/mol. The molecule has 0 amide bonds. The number of unbranched alkanes of at least 4 members (excludes halogenated alkanes) is 1. The lowest BCUT2D eigenvalue weighted by atomic mass is 9.69. The minimum atomic E-state index is -0.203. The van der Waals surface area contributed by atoms with Gasteiger partial charge in [0, 0.05) is 17.0 Å². The van der Waals surface area contributed by atoms with Gasteiger partial charge in [-0.1, -0.05) is 62.2 Å². The Morgan fingerprint density at radius 1 is 1.12 bits per heavy atom. The topological polar surface area (TPSA) is 29.4 Å². The first kappa shape index (κ1) is 16.9. The number of nitrogens with zero attached hydrogens (tertiary/aromatic N) is 1. The van der Waals surface area contributed by atoms with E-state index in [1.54, 1.807) is 12.2 Å². The summed E-state index contributed by atoms with van der Waals surface area (Å²) in [5, 5.41) is 0. The Bertz CT molecular complexity index is 678. The molecule has 1 aliphatic carbocycles. The summed E-state index contributed by atoms with van der Waals surface area (Å²) in [5.41, 5.74) is 2.27. The maximum Gasteiger partial charge on any atom is 0.178 e. The molecule has 0 N–H and O–H groups in total. The van der Waals surface area contributed by atoms with Crippen LogP contribution in [0.25, 0.3) is 0 Å². The van der Waals surface area contributed by atoms with Crippen molar-refractivity contribution in [2.75, 3.05) is 0 Å². The van der Waals surface area contributed by atoms with E-state index >= 15 is 0 Å². The summed E-state index contributed by atoms with van der Waals surface area (Å²) in [5.74, 6) is 0.393. The summed E-state index contributed by atoms with van der Waals surface area (Å²) in [6.45, 7) is 6.63. The lowest BCUT2D eigenvalue weighted by Gasteiger charge is -2.32. The van der Waals surface area contributed by atoms with Gasteiger partial charge in [0.05, 0.1) is 5.54 Å². The van der Waals surface area contributed by atoms with Crippen molar-refractivity contribution in [3.8, 4) is 0 Å². The number of hydrogen-bond donors (Lipinski definition) is 0. The van der Waals surface area contributed by atoms with E-state index in [-0.39, 0.29) is 16.7 Å². The zero-order valence-corrected chi connectivity index (χ0v) is 15.0. The second-order valence-corrected chi connectivity index (χ2v) is 7.70. The fraction of sp³-hybridized carbons (Fsp3) is 0.455. The van der Waals surface area contributed by atoms with Gasteiger partial charge in [-0.3, -0.25) is 9.79 Å². The Morgan fingerprint density at radius 2 is 1.79 bits per heavy atom. The average Bonchev–Trinajstić information content (AvgIpc) is 2.83. The first-order valence-corrected chi connectivity index (χ1v) is 9.03. The third kappa shape index (κ3) is 3.28. The molecule has 1 atom stereocenters. The molecule has 3 rings (SSSR count). The molecular formula is C22H27NO. The van der Waals surface area contributed by atoms with Gasteiger partial charge in [0.25, 0.3) is 0 Å². The molecule has 1 heterocycles. The minimum Gasteiger partial charge on any atom is -0.290 e. The van der Waals surface area contributed by atoms with Gasteiger partial charge < -0.3 is 0 Å². The van der Waals surface area contributed by atoms with Crippen LogP contribution in [0.15, 0.2) is 59.6 Å². The molecule has 2 nitrogen and oxygen atoms in total. The van der Waals surface area contributed by atoms with E-state index < -0.39 is 0 Å². The molecule has 0 saturated heterocycles. The van der Waals surface area contributed by atoms with Crippen LogP contribution in [-0.2, 0) is 4.79 Å². The van der Waals surface area contributed by atoms with Crippen LogP contribution >= 0.6 is 0 Å². The van der Waals surface area contributed by atoms with Crippen molar-refractivity contribution >= 4 is 11.5 Å². The molecule has 2 aliphatic rings. The number of allylic oxidation sites excluding steroid dienone is 4. The van der Waals surface area contributed by atoms with Crippen LogP contribution in [0.3, 0.4) is 0 Å². The van der Waals surface area contributed by atoms with Gasteiger partial charge in [0.15, 0.2) is 5.78 Å². The van der Waals surface area contributed by atoms with E-state index in [0.717, 1.165) is 12.8 Å². The normalized spacial score (nSPS) is 22.0. The molecule has 0 aromatic heterocycles. The monoisotopic (exact) mass is 321 g/mol. The highest BCUT2D eigenvalue weighted by atomic mass is 16.1. The summed E-state index contributed by atoms with van der Waals surface area (Å²) < 4.78 is 0. The summed E-state index contributed by atoms with van der Waals surface area (Å²) >= 11 is 0. The Hall–Kier alpha value is -1.96. The van der Waals surface area contributed by atoms with Crippen LogP contribution in [-0.4, -0.2) is 17.0 Å². The molecule has 1 aromatic carbocycles. The quantitative estimate of drug-likeness (QED) is 0.727. The predicted molar refractivity (Wildman–Crippen MR) is 101 cm³/mol. The maximum absolute atomic E-state index is 11.7. The third-order valence-electron chi connectivity index (χ3n) is 5.09. The number of carbonyl (C=O) groups excluding carboxylic acids is 1. The van der Waals surface area contributed by atoms with Gasteiger partial charge in [-0.15, -0.1) is 0 Å². The highest BCUT2D eigenvalue weighted by Crippen LogP contribution is 2.48. The molecule has 1 aromatic rings. The molecule has 126 valence electrons. The molecule has 0 saturated carbocycles. The van der Waals surface area contributed by atoms with E-state index in [1.165, 1.54) is 24.1 Å². The van der Waals surface area contributed by atoms with Crippen molar-refractivity contribution in [2.45, 2.75) is 57.9 Å². The minimum absolute atomic E-state index is 0.0782. The van der Waals surface area contributed by atoms with Crippen LogP contribution in [0.1, 0.15) is 57.9 Å². The largest absolute Gasteiger partial charge is 0.290 e. The molecular weight excluding hydrogens is 294 g/mol. The summed E-state index contributed by atoms with van der Waals surface area (Å²) in [6.07, 6.45) is 12.0. The molecule has 0 bridgehead atoms. The lowest BCUT2D eigenvalue weighted by molar-refractivity contribution is -0.110. The Balaban J connectivity index is 2.05. The smallest absolute Gasteiger partial charge is 0.178 e. The predicted octanol–water partition coefficient (Wildman–Crippen LogP) is 5.27. The fourth-order valence-electron chi connectivity index (χ4n) is 4.09. The molecule has 0 radical (unpaired) electrons. The zero-order chi connectivity index (χ0) is 17.2. The molecule has 24 heavy (non-hydrogen) atoms. The van der Waals surface area contributed by atoms with Crippen LogP contribution in [0.5, 0.6) is 0 Å². The summed E-state index contributed by atoms with van der Waals surface area (Å²) in [6, 6.07) is 10.7. The van der Waals surface area contributed by atoms with Crippen LogP contribution in [0.2, 0.25) is 0 Å². The molecule has 1 unspecified atom stereocenters. The van der Waals surface area contributed by atoms with Gasteiger partial charge >= 0.3 is 0 Å². The third-order valence-corrected chi connectivity index (χ3v) is 5.09. The number of carbonyl (C=O) groups is 1. The Labute approximate surface area is 145 Å². The maximum atomic E-state index is 11.7. The Morgan fingerprint density at radius 3 is 2.42 bits per heavy atom. The van der Waals surface area contributed by atoms with Gasteiger partial charge in [-0.25, -0.2) is 0 Å².